The number of rotatable bonds is 5. The van der Waals surface area contributed by atoms with Crippen LogP contribution in [0.3, 0.4) is 0 Å². The third kappa shape index (κ3) is 4.54. The predicted octanol–water partition coefficient (Wildman–Crippen LogP) is 6.22. The van der Waals surface area contributed by atoms with Crippen LogP contribution < -0.4 is 5.73 Å². The van der Waals surface area contributed by atoms with Gasteiger partial charge in [0.05, 0.1) is 5.02 Å². The Morgan fingerprint density at radius 1 is 1.05 bits per heavy atom. The van der Waals surface area contributed by atoms with Crippen LogP contribution in [-0.4, -0.2) is 6.04 Å². The van der Waals surface area contributed by atoms with Gasteiger partial charge in [0.15, 0.2) is 0 Å². The van der Waals surface area contributed by atoms with E-state index < -0.39 is 0 Å². The van der Waals surface area contributed by atoms with Crippen LogP contribution in [0.5, 0.6) is 0 Å². The fourth-order valence-corrected chi connectivity index (χ4v) is 3.99. The number of hydrogen-bond donors (Lipinski definition) is 1. The van der Waals surface area contributed by atoms with Crippen molar-refractivity contribution in [1.82, 2.24) is 0 Å². The molecule has 0 aromatic heterocycles. The Morgan fingerprint density at radius 3 is 2.43 bits per heavy atom. The summed E-state index contributed by atoms with van der Waals surface area (Å²) in [4.78, 5) is 0.929. The predicted molar refractivity (Wildman–Crippen MR) is 94.8 cm³/mol. The van der Waals surface area contributed by atoms with Gasteiger partial charge < -0.3 is 5.73 Å². The van der Waals surface area contributed by atoms with Crippen LogP contribution >= 0.6 is 46.6 Å². The van der Waals surface area contributed by atoms with Gasteiger partial charge in [0.1, 0.15) is 0 Å². The van der Waals surface area contributed by atoms with E-state index in [2.05, 4.69) is 6.92 Å². The molecule has 0 fully saturated rings. The minimum Gasteiger partial charge on any atom is -0.326 e. The molecule has 0 amide bonds. The molecule has 21 heavy (non-hydrogen) atoms. The van der Waals surface area contributed by atoms with Crippen molar-refractivity contribution in [1.29, 1.82) is 0 Å². The Balaban J connectivity index is 2.35. The van der Waals surface area contributed by atoms with Gasteiger partial charge >= 0.3 is 0 Å². The largest absolute Gasteiger partial charge is 0.326 e. The van der Waals surface area contributed by atoms with Gasteiger partial charge in [0.2, 0.25) is 0 Å². The molecule has 2 atom stereocenters. The molecule has 0 heterocycles. The summed E-state index contributed by atoms with van der Waals surface area (Å²) >= 11 is 20.0. The van der Waals surface area contributed by atoms with Crippen molar-refractivity contribution in [3.8, 4) is 0 Å². The average Bonchev–Trinajstić information content (AvgIpc) is 2.47. The topological polar surface area (TPSA) is 26.0 Å². The number of thioether (sulfide) groups is 1. The second kappa shape index (κ2) is 7.75. The van der Waals surface area contributed by atoms with E-state index in [0.717, 1.165) is 16.9 Å². The van der Waals surface area contributed by atoms with Crippen LogP contribution in [0, 0.1) is 0 Å². The Hall–Kier alpha value is -0.380. The van der Waals surface area contributed by atoms with E-state index in [1.54, 1.807) is 23.9 Å². The molecule has 2 unspecified atom stereocenters. The lowest BCUT2D eigenvalue weighted by Gasteiger charge is -2.23. The summed E-state index contributed by atoms with van der Waals surface area (Å²) < 4.78 is 0. The maximum atomic E-state index is 6.30. The smallest absolute Gasteiger partial charge is 0.0543 e. The summed E-state index contributed by atoms with van der Waals surface area (Å²) in [5, 5.41) is 2.12. The van der Waals surface area contributed by atoms with Crippen molar-refractivity contribution in [2.24, 2.45) is 5.73 Å². The average molecular weight is 361 g/mol. The third-order valence-electron chi connectivity index (χ3n) is 3.18. The first kappa shape index (κ1) is 17.0. The Bertz CT molecular complexity index is 618. The highest BCUT2D eigenvalue weighted by atomic mass is 35.5. The maximum absolute atomic E-state index is 6.30. The van der Waals surface area contributed by atoms with Crippen LogP contribution in [0.25, 0.3) is 0 Å². The van der Waals surface area contributed by atoms with Crippen LogP contribution in [0.15, 0.2) is 47.4 Å². The third-order valence-corrected chi connectivity index (χ3v) is 5.56. The monoisotopic (exact) mass is 359 g/mol. The van der Waals surface area contributed by atoms with Gasteiger partial charge in [-0.25, -0.2) is 0 Å². The zero-order valence-electron chi connectivity index (χ0n) is 11.5. The number of nitrogens with two attached hydrogens (primary N) is 1. The highest BCUT2D eigenvalue weighted by Gasteiger charge is 2.21. The molecule has 0 aliphatic heterocycles. The van der Waals surface area contributed by atoms with E-state index >= 15 is 0 Å². The van der Waals surface area contributed by atoms with E-state index in [0.29, 0.717) is 15.1 Å². The molecule has 0 aliphatic rings. The quantitative estimate of drug-likeness (QED) is 0.641. The van der Waals surface area contributed by atoms with Crippen LogP contribution in [0.4, 0.5) is 0 Å². The van der Waals surface area contributed by atoms with Gasteiger partial charge in [0.25, 0.3) is 0 Å². The van der Waals surface area contributed by atoms with Crippen molar-refractivity contribution < 1.29 is 0 Å². The second-order valence-corrected chi connectivity index (χ2v) is 7.20. The van der Waals surface area contributed by atoms with Gasteiger partial charge in [-0.1, -0.05) is 53.9 Å². The first-order chi connectivity index (χ1) is 10.0. The van der Waals surface area contributed by atoms with Crippen molar-refractivity contribution >= 4 is 46.6 Å². The zero-order valence-corrected chi connectivity index (χ0v) is 14.6. The highest BCUT2D eigenvalue weighted by molar-refractivity contribution is 7.99. The van der Waals surface area contributed by atoms with Gasteiger partial charge in [-0.3, -0.25) is 0 Å². The SMILES string of the molecule is CCC(N)C(Sc1cc(Cl)ccc1Cl)c1cccc(Cl)c1. The summed E-state index contributed by atoms with van der Waals surface area (Å²) in [7, 11) is 0. The fraction of sp³-hybridized carbons (Fsp3) is 0.250. The molecule has 0 saturated carbocycles. The molecule has 0 radical (unpaired) electrons. The first-order valence-electron chi connectivity index (χ1n) is 6.64. The van der Waals surface area contributed by atoms with Gasteiger partial charge in [-0.15, -0.1) is 11.8 Å². The van der Waals surface area contributed by atoms with Gasteiger partial charge in [0, 0.05) is 26.2 Å². The first-order valence-corrected chi connectivity index (χ1v) is 8.65. The lowest BCUT2D eigenvalue weighted by Crippen LogP contribution is -2.25. The van der Waals surface area contributed by atoms with E-state index in [9.17, 15) is 0 Å². The molecule has 0 saturated heterocycles. The van der Waals surface area contributed by atoms with Crippen molar-refractivity contribution in [3.63, 3.8) is 0 Å². The molecule has 2 rings (SSSR count). The standard InChI is InChI=1S/C16H16Cl3NS/c1-2-14(20)16(10-4-3-5-11(17)8-10)21-15-9-12(18)6-7-13(15)19/h3-9,14,16H,2,20H2,1H3. The van der Waals surface area contributed by atoms with Crippen molar-refractivity contribution in [2.75, 3.05) is 0 Å². The maximum Gasteiger partial charge on any atom is 0.0543 e. The molecule has 2 aromatic carbocycles. The molecule has 0 bridgehead atoms. The number of benzene rings is 2. The second-order valence-electron chi connectivity index (χ2n) is 4.74. The summed E-state index contributed by atoms with van der Waals surface area (Å²) in [5.41, 5.74) is 7.39. The minimum atomic E-state index is 0.00325. The fourth-order valence-electron chi connectivity index (χ4n) is 2.00. The van der Waals surface area contributed by atoms with Crippen LogP contribution in [-0.2, 0) is 0 Å². The minimum absolute atomic E-state index is 0.00325. The van der Waals surface area contributed by atoms with E-state index in [1.165, 1.54) is 0 Å². The Morgan fingerprint density at radius 2 is 1.76 bits per heavy atom. The normalized spacial score (nSPS) is 14.0. The van der Waals surface area contributed by atoms with Crippen LogP contribution in [0.1, 0.15) is 24.2 Å². The summed E-state index contributed by atoms with van der Waals surface area (Å²) in [6.45, 7) is 2.07. The van der Waals surface area contributed by atoms with Gasteiger partial charge in [-0.05, 0) is 42.3 Å². The van der Waals surface area contributed by atoms with E-state index in [4.69, 9.17) is 40.5 Å². The molecule has 0 aliphatic carbocycles. The lowest BCUT2D eigenvalue weighted by molar-refractivity contribution is 0.634. The molecule has 112 valence electrons. The number of halogens is 3. The molecule has 2 aromatic rings. The van der Waals surface area contributed by atoms with Gasteiger partial charge in [-0.2, -0.15) is 0 Å². The molecule has 1 nitrogen and oxygen atoms in total. The molecular weight excluding hydrogens is 345 g/mol. The van der Waals surface area contributed by atoms with Crippen molar-refractivity contribution in [3.05, 3.63) is 63.1 Å². The zero-order chi connectivity index (χ0) is 15.4. The number of hydrogen-bond acceptors (Lipinski definition) is 2. The highest BCUT2D eigenvalue weighted by Crippen LogP contribution is 2.42. The Kier molecular flexibility index (Phi) is 6.27. The van der Waals surface area contributed by atoms with E-state index in [-0.39, 0.29) is 11.3 Å². The summed E-state index contributed by atoms with van der Waals surface area (Å²) in [6, 6.07) is 13.2. The Labute approximate surface area is 144 Å². The molecular formula is C16H16Cl3NS. The molecule has 5 heteroatoms. The summed E-state index contributed by atoms with van der Waals surface area (Å²) in [5.74, 6) is 0. The molecule has 2 N–H and O–H groups in total. The van der Waals surface area contributed by atoms with E-state index in [1.807, 2.05) is 30.3 Å². The molecule has 0 spiro atoms. The summed E-state index contributed by atoms with van der Waals surface area (Å²) in [6.07, 6.45) is 0.863. The lowest BCUT2D eigenvalue weighted by atomic mass is 10.0. The van der Waals surface area contributed by atoms with Crippen molar-refractivity contribution in [2.45, 2.75) is 29.5 Å². The van der Waals surface area contributed by atoms with Crippen LogP contribution in [0.2, 0.25) is 15.1 Å².